The van der Waals surface area contributed by atoms with Crippen molar-refractivity contribution in [1.82, 2.24) is 10.2 Å². The molecule has 230 valence electrons. The zero-order chi connectivity index (χ0) is 31.0. The van der Waals surface area contributed by atoms with E-state index in [1.807, 2.05) is 6.07 Å². The van der Waals surface area contributed by atoms with Crippen molar-refractivity contribution in [2.75, 3.05) is 25.1 Å². The summed E-state index contributed by atoms with van der Waals surface area (Å²) < 4.78 is 39.5. The Kier molecular flexibility index (Phi) is 10.9. The molecule has 1 atom stereocenters. The maximum absolute atomic E-state index is 14.1. The van der Waals surface area contributed by atoms with Gasteiger partial charge in [-0.2, -0.15) is 0 Å². The van der Waals surface area contributed by atoms with Crippen molar-refractivity contribution in [2.24, 2.45) is 0 Å². The van der Waals surface area contributed by atoms with Crippen LogP contribution in [0.3, 0.4) is 0 Å². The third kappa shape index (κ3) is 8.20. The number of anilines is 1. The Morgan fingerprint density at radius 3 is 2.26 bits per heavy atom. The van der Waals surface area contributed by atoms with E-state index < -0.39 is 28.5 Å². The number of sulfonamides is 1. The molecule has 1 N–H and O–H groups in total. The monoisotopic (exact) mass is 627 g/mol. The standard InChI is InChI=1S/C32H38ClN3O6S/c1-23(32(38)34-26-11-5-4-6-12-26)35(21-24-9-7-14-29(19-24)42-3)31(37)22-36(27-13-8-10-25(33)20-27)43(39,40)30-17-15-28(41-2)16-18-30/h7-10,13-20,23,26H,4-6,11-12,21-22H2,1-3H3,(H,34,38). The van der Waals surface area contributed by atoms with E-state index in [9.17, 15) is 18.0 Å². The molecule has 1 unspecified atom stereocenters. The Labute approximate surface area is 258 Å². The van der Waals surface area contributed by atoms with E-state index in [0.717, 1.165) is 42.0 Å². The second-order valence-electron chi connectivity index (χ2n) is 10.6. The average Bonchev–Trinajstić information content (AvgIpc) is 3.02. The van der Waals surface area contributed by atoms with Crippen molar-refractivity contribution in [3.05, 3.63) is 83.4 Å². The zero-order valence-corrected chi connectivity index (χ0v) is 26.2. The second kappa shape index (κ2) is 14.6. The van der Waals surface area contributed by atoms with Crippen LogP contribution in [0.2, 0.25) is 5.02 Å². The van der Waals surface area contributed by atoms with Crippen molar-refractivity contribution >= 4 is 39.1 Å². The number of methoxy groups -OCH3 is 2. The molecule has 11 heteroatoms. The Hall–Kier alpha value is -3.76. The molecule has 1 aliphatic rings. The number of nitrogens with one attached hydrogen (secondary N) is 1. The second-order valence-corrected chi connectivity index (χ2v) is 12.9. The fraction of sp³-hybridized carbons (Fsp3) is 0.375. The summed E-state index contributed by atoms with van der Waals surface area (Å²) in [4.78, 5) is 29.0. The largest absolute Gasteiger partial charge is 0.497 e. The molecule has 4 rings (SSSR count). The number of halogens is 1. The molecule has 1 fully saturated rings. The Bertz CT molecular complexity index is 1510. The highest BCUT2D eigenvalue weighted by atomic mass is 35.5. The first-order chi connectivity index (χ1) is 20.6. The fourth-order valence-corrected chi connectivity index (χ4v) is 6.74. The van der Waals surface area contributed by atoms with Crippen molar-refractivity contribution in [1.29, 1.82) is 0 Å². The van der Waals surface area contributed by atoms with Crippen LogP contribution in [0.15, 0.2) is 77.7 Å². The first-order valence-corrected chi connectivity index (χ1v) is 16.1. The summed E-state index contributed by atoms with van der Waals surface area (Å²) >= 11 is 6.25. The van der Waals surface area contributed by atoms with Gasteiger partial charge in [-0.25, -0.2) is 8.42 Å². The van der Waals surface area contributed by atoms with Gasteiger partial charge < -0.3 is 19.7 Å². The lowest BCUT2D eigenvalue weighted by Crippen LogP contribution is -2.53. The zero-order valence-electron chi connectivity index (χ0n) is 24.7. The molecule has 9 nitrogen and oxygen atoms in total. The molecule has 0 radical (unpaired) electrons. The molecule has 1 aliphatic carbocycles. The van der Waals surface area contributed by atoms with Gasteiger partial charge in [-0.05, 0) is 79.9 Å². The van der Waals surface area contributed by atoms with E-state index in [-0.39, 0.29) is 29.1 Å². The number of benzene rings is 3. The van der Waals surface area contributed by atoms with Gasteiger partial charge >= 0.3 is 0 Å². The van der Waals surface area contributed by atoms with E-state index in [0.29, 0.717) is 16.5 Å². The number of hydrogen-bond acceptors (Lipinski definition) is 6. The van der Waals surface area contributed by atoms with Gasteiger partial charge in [0.1, 0.15) is 24.1 Å². The summed E-state index contributed by atoms with van der Waals surface area (Å²) in [5, 5.41) is 3.42. The van der Waals surface area contributed by atoms with Gasteiger partial charge in [0.2, 0.25) is 11.8 Å². The third-order valence-electron chi connectivity index (χ3n) is 7.63. The predicted octanol–water partition coefficient (Wildman–Crippen LogP) is 5.42. The SMILES string of the molecule is COc1ccc(S(=O)(=O)N(CC(=O)N(Cc2cccc(OC)c2)C(C)C(=O)NC2CCCCC2)c2cccc(Cl)c2)cc1. The van der Waals surface area contributed by atoms with E-state index in [1.54, 1.807) is 50.4 Å². The highest BCUT2D eigenvalue weighted by Crippen LogP contribution is 2.28. The number of amides is 2. The molecule has 0 aliphatic heterocycles. The topological polar surface area (TPSA) is 105 Å². The molecular formula is C32H38ClN3O6S. The van der Waals surface area contributed by atoms with Gasteiger partial charge in [-0.1, -0.05) is 49.1 Å². The molecule has 3 aromatic rings. The van der Waals surface area contributed by atoms with Crippen LogP contribution < -0.4 is 19.1 Å². The lowest BCUT2D eigenvalue weighted by Gasteiger charge is -2.33. The van der Waals surface area contributed by atoms with Crippen molar-refractivity contribution in [3.8, 4) is 11.5 Å². The first kappa shape index (κ1) is 32.2. The molecule has 0 spiro atoms. The van der Waals surface area contributed by atoms with Crippen LogP contribution in [-0.4, -0.2) is 58.0 Å². The average molecular weight is 628 g/mol. The number of hydrogen-bond donors (Lipinski definition) is 1. The Morgan fingerprint density at radius 1 is 0.930 bits per heavy atom. The third-order valence-corrected chi connectivity index (χ3v) is 9.65. The van der Waals surface area contributed by atoms with Crippen LogP contribution in [0.25, 0.3) is 0 Å². The Morgan fingerprint density at radius 2 is 1.60 bits per heavy atom. The summed E-state index contributed by atoms with van der Waals surface area (Å²) in [7, 11) is -1.19. The summed E-state index contributed by atoms with van der Waals surface area (Å²) in [6, 6.07) is 18.6. The van der Waals surface area contributed by atoms with Crippen molar-refractivity contribution in [2.45, 2.75) is 62.6 Å². The maximum atomic E-state index is 14.1. The van der Waals surface area contributed by atoms with E-state index in [4.69, 9.17) is 21.1 Å². The van der Waals surface area contributed by atoms with Crippen molar-refractivity contribution < 1.29 is 27.5 Å². The van der Waals surface area contributed by atoms with E-state index in [2.05, 4.69) is 5.32 Å². The van der Waals surface area contributed by atoms with Crippen LogP contribution in [0.1, 0.15) is 44.6 Å². The molecule has 2 amide bonds. The molecule has 0 heterocycles. The predicted molar refractivity (Wildman–Crippen MR) is 167 cm³/mol. The first-order valence-electron chi connectivity index (χ1n) is 14.3. The minimum absolute atomic E-state index is 0.0245. The van der Waals surface area contributed by atoms with Gasteiger partial charge in [0, 0.05) is 17.6 Å². The van der Waals surface area contributed by atoms with Crippen LogP contribution >= 0.6 is 11.6 Å². The quantitative estimate of drug-likeness (QED) is 0.288. The van der Waals surface area contributed by atoms with Crippen molar-refractivity contribution in [3.63, 3.8) is 0 Å². The lowest BCUT2D eigenvalue weighted by atomic mass is 9.95. The number of rotatable bonds is 12. The lowest BCUT2D eigenvalue weighted by molar-refractivity contribution is -0.139. The molecule has 0 bridgehead atoms. The molecule has 43 heavy (non-hydrogen) atoms. The van der Waals surface area contributed by atoms with Crippen LogP contribution in [0.5, 0.6) is 11.5 Å². The number of carbonyl (C=O) groups excluding carboxylic acids is 2. The molecule has 1 saturated carbocycles. The maximum Gasteiger partial charge on any atom is 0.264 e. The minimum Gasteiger partial charge on any atom is -0.497 e. The summed E-state index contributed by atoms with van der Waals surface area (Å²) in [6.07, 6.45) is 5.02. The number of ether oxygens (including phenoxy) is 2. The van der Waals surface area contributed by atoms with Crippen LogP contribution in [0, 0.1) is 0 Å². The summed E-state index contributed by atoms with van der Waals surface area (Å²) in [5.74, 6) is 0.264. The molecule has 3 aromatic carbocycles. The highest BCUT2D eigenvalue weighted by molar-refractivity contribution is 7.92. The summed E-state index contributed by atoms with van der Waals surface area (Å²) in [6.45, 7) is 1.18. The van der Waals surface area contributed by atoms with E-state index in [1.165, 1.54) is 42.3 Å². The normalized spacial score (nSPS) is 14.4. The van der Waals surface area contributed by atoms with Gasteiger partial charge in [0.15, 0.2) is 0 Å². The van der Waals surface area contributed by atoms with Gasteiger partial charge in [-0.15, -0.1) is 0 Å². The van der Waals surface area contributed by atoms with Crippen LogP contribution in [0.4, 0.5) is 5.69 Å². The fourth-order valence-electron chi connectivity index (χ4n) is 5.15. The number of carbonyl (C=O) groups is 2. The van der Waals surface area contributed by atoms with Gasteiger partial charge in [0.25, 0.3) is 10.0 Å². The smallest absolute Gasteiger partial charge is 0.264 e. The highest BCUT2D eigenvalue weighted by Gasteiger charge is 2.33. The molecule has 0 aromatic heterocycles. The van der Waals surface area contributed by atoms with E-state index >= 15 is 0 Å². The van der Waals surface area contributed by atoms with Gasteiger partial charge in [0.05, 0.1) is 24.8 Å². The number of nitrogens with zero attached hydrogens (tertiary/aromatic N) is 2. The summed E-state index contributed by atoms with van der Waals surface area (Å²) in [5.41, 5.74) is 0.953. The Balaban J connectivity index is 1.69. The van der Waals surface area contributed by atoms with Crippen LogP contribution in [-0.2, 0) is 26.2 Å². The van der Waals surface area contributed by atoms with Gasteiger partial charge in [-0.3, -0.25) is 13.9 Å². The minimum atomic E-state index is -4.23. The molecule has 0 saturated heterocycles. The molecular weight excluding hydrogens is 590 g/mol.